The molecule has 0 bridgehead atoms. The maximum absolute atomic E-state index is 14.9. The number of anilines is 1. The molecular formula is C20H30FN3O7S. The van der Waals surface area contributed by atoms with Crippen LogP contribution >= 0.6 is 11.8 Å². The second kappa shape index (κ2) is 11.1. The summed E-state index contributed by atoms with van der Waals surface area (Å²) in [5.41, 5.74) is -1.07. The van der Waals surface area contributed by atoms with Crippen molar-refractivity contribution in [3.8, 4) is 0 Å². The smallest absolute Gasteiger partial charge is 0.425 e. The van der Waals surface area contributed by atoms with Crippen LogP contribution in [0, 0.1) is 17.7 Å². The number of nitrogens with zero attached hydrogens (tertiary/aromatic N) is 3. The molecule has 1 aromatic heterocycles. The van der Waals surface area contributed by atoms with Crippen LogP contribution in [0.15, 0.2) is 11.0 Å². The Hall–Kier alpha value is -2.18. The normalized spacial score (nSPS) is 15.5. The number of aromatic nitrogens is 2. The fourth-order valence-electron chi connectivity index (χ4n) is 2.48. The first kappa shape index (κ1) is 26.1. The van der Waals surface area contributed by atoms with E-state index in [1.165, 1.54) is 11.8 Å². The van der Waals surface area contributed by atoms with Crippen molar-refractivity contribution in [2.75, 3.05) is 30.5 Å². The summed E-state index contributed by atoms with van der Waals surface area (Å²) in [5, 5.41) is 19.7. The van der Waals surface area contributed by atoms with E-state index in [0.29, 0.717) is 10.8 Å². The summed E-state index contributed by atoms with van der Waals surface area (Å²) in [6.45, 7) is 6.94. The highest BCUT2D eigenvalue weighted by atomic mass is 32.2. The fraction of sp³-hybridized carbons (Fsp3) is 0.700. The molecule has 0 aliphatic heterocycles. The number of rotatable bonds is 10. The minimum atomic E-state index is -1.41. The Balaban J connectivity index is 2.27. The molecule has 1 saturated carbocycles. The lowest BCUT2D eigenvalue weighted by Crippen LogP contribution is -2.42. The summed E-state index contributed by atoms with van der Waals surface area (Å²) in [7, 11) is 0. The van der Waals surface area contributed by atoms with Crippen LogP contribution in [0.5, 0.6) is 0 Å². The second-order valence-electron chi connectivity index (χ2n) is 8.51. The molecule has 12 heteroatoms. The average molecular weight is 476 g/mol. The maximum Gasteiger partial charge on any atom is 0.425 e. The molecular weight excluding hydrogens is 445 g/mol. The second-order valence-corrected chi connectivity index (χ2v) is 10.0. The minimum absolute atomic E-state index is 0.0253. The maximum atomic E-state index is 14.9. The predicted octanol–water partition coefficient (Wildman–Crippen LogP) is 2.52. The van der Waals surface area contributed by atoms with Crippen LogP contribution in [0.1, 0.15) is 46.8 Å². The molecule has 0 spiro atoms. The van der Waals surface area contributed by atoms with E-state index in [9.17, 15) is 29.0 Å². The molecule has 180 valence electrons. The highest BCUT2D eigenvalue weighted by Gasteiger charge is 2.43. The summed E-state index contributed by atoms with van der Waals surface area (Å²) in [6, 6.07) is 0. The van der Waals surface area contributed by atoms with E-state index >= 15 is 0 Å². The molecule has 1 aliphatic rings. The van der Waals surface area contributed by atoms with Gasteiger partial charge in [0, 0.05) is 10.5 Å². The summed E-state index contributed by atoms with van der Waals surface area (Å²) in [5.74, 6) is -2.15. The van der Waals surface area contributed by atoms with Gasteiger partial charge in [0.25, 0.3) is 0 Å². The zero-order valence-electron chi connectivity index (χ0n) is 18.6. The topological polar surface area (TPSA) is 131 Å². The summed E-state index contributed by atoms with van der Waals surface area (Å²) in [4.78, 5) is 41.2. The van der Waals surface area contributed by atoms with Crippen LogP contribution in [-0.4, -0.2) is 62.3 Å². The Morgan fingerprint density at radius 3 is 2.19 bits per heavy atom. The third-order valence-electron chi connectivity index (χ3n) is 4.50. The van der Waals surface area contributed by atoms with Crippen molar-refractivity contribution in [3.63, 3.8) is 0 Å². The molecule has 1 atom stereocenters. The van der Waals surface area contributed by atoms with Crippen LogP contribution in [0.2, 0.25) is 0 Å². The number of aliphatic hydroxyl groups is 2. The van der Waals surface area contributed by atoms with Crippen molar-refractivity contribution >= 4 is 29.8 Å². The monoisotopic (exact) mass is 475 g/mol. The Kier molecular flexibility index (Phi) is 9.05. The van der Waals surface area contributed by atoms with E-state index in [2.05, 4.69) is 4.98 Å². The number of thioether (sulfide) groups is 1. The first-order chi connectivity index (χ1) is 15.0. The van der Waals surface area contributed by atoms with Crippen molar-refractivity contribution in [3.05, 3.63) is 22.5 Å². The number of hydrogen-bond acceptors (Lipinski definition) is 9. The van der Waals surface area contributed by atoms with Gasteiger partial charge < -0.3 is 19.7 Å². The van der Waals surface area contributed by atoms with Crippen molar-refractivity contribution in [1.82, 2.24) is 9.55 Å². The fourth-order valence-corrected chi connectivity index (χ4v) is 3.62. The van der Waals surface area contributed by atoms with Crippen molar-refractivity contribution in [2.45, 2.75) is 51.5 Å². The third-order valence-corrected chi connectivity index (χ3v) is 6.12. The lowest BCUT2D eigenvalue weighted by atomic mass is 10.2. The SMILES string of the molecule is CC(C)COC(=O)N(C(=O)OCC(C)C)c1nc(=O)n([C@@H](O)CSC2(CO)CC2)cc1F. The minimum Gasteiger partial charge on any atom is -0.448 e. The first-order valence-corrected chi connectivity index (χ1v) is 11.3. The molecule has 0 radical (unpaired) electrons. The lowest BCUT2D eigenvalue weighted by molar-refractivity contribution is 0.119. The van der Waals surface area contributed by atoms with Crippen molar-refractivity contribution in [2.24, 2.45) is 11.8 Å². The number of hydrogen-bond donors (Lipinski definition) is 2. The standard InChI is InChI=1S/C20H30FN3O7S/c1-12(2)8-30-18(28)24(19(29)31-9-13(3)4)16-14(21)7-23(17(27)22-16)15(26)10-32-20(11-25)5-6-20/h7,12-13,15,25-26H,5-6,8-11H2,1-4H3/t15-/m0/s1. The highest BCUT2D eigenvalue weighted by molar-refractivity contribution is 8.01. The molecule has 2 N–H and O–H groups in total. The van der Waals surface area contributed by atoms with E-state index < -0.39 is 35.7 Å². The average Bonchev–Trinajstić information content (AvgIpc) is 3.51. The summed E-state index contributed by atoms with van der Waals surface area (Å²) < 4.78 is 25.2. The number of amides is 2. The third kappa shape index (κ3) is 6.91. The molecule has 1 fully saturated rings. The molecule has 1 aromatic rings. The Labute approximate surface area is 189 Å². The van der Waals surface area contributed by atoms with Crippen LogP contribution < -0.4 is 10.6 Å². The van der Waals surface area contributed by atoms with Gasteiger partial charge >= 0.3 is 17.9 Å². The largest absolute Gasteiger partial charge is 0.448 e. The number of ether oxygens (including phenoxy) is 2. The van der Waals surface area contributed by atoms with Gasteiger partial charge in [-0.1, -0.05) is 27.7 Å². The van der Waals surface area contributed by atoms with Gasteiger partial charge in [-0.15, -0.1) is 11.8 Å². The number of halogens is 1. The zero-order valence-corrected chi connectivity index (χ0v) is 19.4. The molecule has 1 aliphatic carbocycles. The van der Waals surface area contributed by atoms with Gasteiger partial charge in [0.05, 0.1) is 26.0 Å². The van der Waals surface area contributed by atoms with Crippen LogP contribution in [-0.2, 0) is 9.47 Å². The molecule has 2 rings (SSSR count). The Morgan fingerprint density at radius 2 is 1.75 bits per heavy atom. The molecule has 32 heavy (non-hydrogen) atoms. The molecule has 2 amide bonds. The first-order valence-electron chi connectivity index (χ1n) is 10.3. The predicted molar refractivity (Wildman–Crippen MR) is 116 cm³/mol. The van der Waals surface area contributed by atoms with Crippen LogP contribution in [0.3, 0.4) is 0 Å². The van der Waals surface area contributed by atoms with Gasteiger partial charge in [0.2, 0.25) is 0 Å². The molecule has 0 aromatic carbocycles. The van der Waals surface area contributed by atoms with Gasteiger partial charge in [-0.25, -0.2) is 18.8 Å². The molecule has 10 nitrogen and oxygen atoms in total. The van der Waals surface area contributed by atoms with Gasteiger partial charge in [0.15, 0.2) is 11.6 Å². The summed E-state index contributed by atoms with van der Waals surface area (Å²) in [6.07, 6.45) is -1.63. The molecule has 1 heterocycles. The lowest BCUT2D eigenvalue weighted by Gasteiger charge is -2.22. The van der Waals surface area contributed by atoms with Crippen LogP contribution in [0.25, 0.3) is 0 Å². The van der Waals surface area contributed by atoms with Crippen molar-refractivity contribution in [1.29, 1.82) is 0 Å². The Bertz CT molecular complexity index is 849. The zero-order chi connectivity index (χ0) is 24.1. The van der Waals surface area contributed by atoms with E-state index in [0.717, 1.165) is 12.8 Å². The number of carbonyl (C=O) groups excluding carboxylic acids is 2. The number of imide groups is 1. The van der Waals surface area contributed by atoms with Crippen molar-refractivity contribution < 1.29 is 33.7 Å². The molecule has 0 unspecified atom stereocenters. The van der Waals surface area contributed by atoms with Gasteiger partial charge in [-0.3, -0.25) is 4.57 Å². The Morgan fingerprint density at radius 1 is 1.22 bits per heavy atom. The van der Waals surface area contributed by atoms with E-state index in [-0.39, 0.29) is 47.1 Å². The van der Waals surface area contributed by atoms with E-state index in [4.69, 9.17) is 9.47 Å². The quantitative estimate of drug-likeness (QED) is 0.524. The van der Waals surface area contributed by atoms with Crippen LogP contribution in [0.4, 0.5) is 19.8 Å². The summed E-state index contributed by atoms with van der Waals surface area (Å²) >= 11 is 1.28. The van der Waals surface area contributed by atoms with E-state index in [1.807, 2.05) is 0 Å². The van der Waals surface area contributed by atoms with Gasteiger partial charge in [-0.2, -0.15) is 9.88 Å². The number of carbonyl (C=O) groups is 2. The molecule has 0 saturated heterocycles. The van der Waals surface area contributed by atoms with Gasteiger partial charge in [0.1, 0.15) is 6.23 Å². The van der Waals surface area contributed by atoms with Gasteiger partial charge in [-0.05, 0) is 24.7 Å². The highest BCUT2D eigenvalue weighted by Crippen LogP contribution is 2.48. The van der Waals surface area contributed by atoms with E-state index in [1.54, 1.807) is 27.7 Å². The number of aliphatic hydroxyl groups excluding tert-OH is 2.